The molecule has 1 fully saturated rings. The van der Waals surface area contributed by atoms with Gasteiger partial charge in [-0.15, -0.1) is 0 Å². The maximum Gasteiger partial charge on any atom is 0.255 e. The van der Waals surface area contributed by atoms with Crippen molar-refractivity contribution in [2.45, 2.75) is 37.8 Å². The number of nitrogens with two attached hydrogens (primary N) is 1. The summed E-state index contributed by atoms with van der Waals surface area (Å²) in [4.78, 5) is 12.4. The number of nitrogens with one attached hydrogen (secondary N) is 1. The Balaban J connectivity index is 1.77. The van der Waals surface area contributed by atoms with Crippen LogP contribution in [0.2, 0.25) is 0 Å². The Morgan fingerprint density at radius 2 is 2.00 bits per heavy atom. The van der Waals surface area contributed by atoms with Crippen LogP contribution in [-0.4, -0.2) is 31.2 Å². The third-order valence-electron chi connectivity index (χ3n) is 3.95. The largest absolute Gasteiger partial charge is 0.486 e. The lowest BCUT2D eigenvalue weighted by Crippen LogP contribution is -2.49. The van der Waals surface area contributed by atoms with Gasteiger partial charge >= 0.3 is 0 Å². The molecule has 1 aromatic rings. The van der Waals surface area contributed by atoms with Crippen LogP contribution >= 0.6 is 0 Å². The van der Waals surface area contributed by atoms with Crippen LogP contribution in [0.5, 0.6) is 11.5 Å². The van der Waals surface area contributed by atoms with Crippen molar-refractivity contribution >= 4 is 5.91 Å². The predicted octanol–water partition coefficient (Wildman–Crippen LogP) is 1.46. The average molecular weight is 276 g/mol. The number of carbonyl (C=O) groups excluding carboxylic acids is 1. The van der Waals surface area contributed by atoms with E-state index in [0.29, 0.717) is 30.3 Å². The van der Waals surface area contributed by atoms with Crippen molar-refractivity contribution in [3.05, 3.63) is 23.8 Å². The molecule has 1 saturated carbocycles. The summed E-state index contributed by atoms with van der Waals surface area (Å²) in [6.45, 7) is 0.992. The summed E-state index contributed by atoms with van der Waals surface area (Å²) in [5, 5.41) is 3.04. The Labute approximate surface area is 118 Å². The zero-order valence-corrected chi connectivity index (χ0v) is 11.4. The van der Waals surface area contributed by atoms with Crippen molar-refractivity contribution in [2.24, 2.45) is 5.73 Å². The van der Waals surface area contributed by atoms with Gasteiger partial charge in [-0.25, -0.2) is 0 Å². The molecule has 2 atom stereocenters. The molecule has 1 aromatic carbocycles. The number of hydrogen-bond donors (Lipinski definition) is 2. The highest BCUT2D eigenvalue weighted by molar-refractivity contribution is 5.98. The SMILES string of the molecule is N[C@H]1CCCC[C@H]1NC(=O)c1cccc2c1OCCO2. The summed E-state index contributed by atoms with van der Waals surface area (Å²) in [6.07, 6.45) is 4.17. The minimum Gasteiger partial charge on any atom is -0.486 e. The molecule has 0 saturated heterocycles. The quantitative estimate of drug-likeness (QED) is 0.857. The van der Waals surface area contributed by atoms with Crippen molar-refractivity contribution in [1.29, 1.82) is 0 Å². The normalized spacial score (nSPS) is 25.1. The topological polar surface area (TPSA) is 73.6 Å². The van der Waals surface area contributed by atoms with E-state index in [0.717, 1.165) is 25.7 Å². The summed E-state index contributed by atoms with van der Waals surface area (Å²) in [6, 6.07) is 5.49. The van der Waals surface area contributed by atoms with Gasteiger partial charge in [0.05, 0.1) is 5.56 Å². The molecule has 0 bridgehead atoms. The molecule has 1 aliphatic heterocycles. The molecule has 20 heavy (non-hydrogen) atoms. The first kappa shape index (κ1) is 13.2. The molecule has 0 spiro atoms. The van der Waals surface area contributed by atoms with Crippen LogP contribution in [0.1, 0.15) is 36.0 Å². The van der Waals surface area contributed by atoms with Gasteiger partial charge in [0.2, 0.25) is 0 Å². The van der Waals surface area contributed by atoms with Crippen LogP contribution < -0.4 is 20.5 Å². The first-order valence-electron chi connectivity index (χ1n) is 7.21. The van der Waals surface area contributed by atoms with Gasteiger partial charge in [0.1, 0.15) is 13.2 Å². The molecule has 2 aliphatic rings. The molecule has 0 radical (unpaired) electrons. The standard InChI is InChI=1S/C15H20N2O3/c16-11-5-1-2-6-12(11)17-15(18)10-4-3-7-13-14(10)20-9-8-19-13/h3-4,7,11-12H,1-2,5-6,8-9,16H2,(H,17,18)/t11-,12+/m0/s1. The third kappa shape index (κ3) is 2.58. The van der Waals surface area contributed by atoms with Crippen molar-refractivity contribution in [2.75, 3.05) is 13.2 Å². The predicted molar refractivity (Wildman–Crippen MR) is 75.1 cm³/mol. The van der Waals surface area contributed by atoms with E-state index in [1.807, 2.05) is 12.1 Å². The highest BCUT2D eigenvalue weighted by Crippen LogP contribution is 2.33. The van der Waals surface area contributed by atoms with E-state index in [1.165, 1.54) is 0 Å². The van der Waals surface area contributed by atoms with Crippen LogP contribution in [0, 0.1) is 0 Å². The molecule has 1 aliphatic carbocycles. The molecule has 5 heteroatoms. The van der Waals surface area contributed by atoms with E-state index in [9.17, 15) is 4.79 Å². The fourth-order valence-corrected chi connectivity index (χ4v) is 2.84. The zero-order valence-electron chi connectivity index (χ0n) is 11.4. The number of carbonyl (C=O) groups is 1. The number of para-hydroxylation sites is 1. The number of benzene rings is 1. The van der Waals surface area contributed by atoms with Gasteiger partial charge in [0.15, 0.2) is 11.5 Å². The molecule has 0 unspecified atom stereocenters. The summed E-state index contributed by atoms with van der Waals surface area (Å²) in [7, 11) is 0. The van der Waals surface area contributed by atoms with Gasteiger partial charge in [-0.05, 0) is 25.0 Å². The molecule has 1 heterocycles. The summed E-state index contributed by atoms with van der Waals surface area (Å²) < 4.78 is 11.1. The van der Waals surface area contributed by atoms with Crippen molar-refractivity contribution in [3.8, 4) is 11.5 Å². The van der Waals surface area contributed by atoms with Gasteiger partial charge in [-0.3, -0.25) is 4.79 Å². The highest BCUT2D eigenvalue weighted by Gasteiger charge is 2.26. The molecule has 108 valence electrons. The van der Waals surface area contributed by atoms with Gasteiger partial charge in [-0.1, -0.05) is 18.9 Å². The van der Waals surface area contributed by atoms with Crippen molar-refractivity contribution in [1.82, 2.24) is 5.32 Å². The zero-order chi connectivity index (χ0) is 13.9. The number of ether oxygens (including phenoxy) is 2. The first-order valence-corrected chi connectivity index (χ1v) is 7.21. The lowest BCUT2D eigenvalue weighted by molar-refractivity contribution is 0.0910. The Kier molecular flexibility index (Phi) is 3.78. The molecule has 1 amide bonds. The maximum atomic E-state index is 12.4. The molecule has 0 aromatic heterocycles. The van der Waals surface area contributed by atoms with Crippen LogP contribution in [-0.2, 0) is 0 Å². The van der Waals surface area contributed by atoms with Crippen LogP contribution in [0.15, 0.2) is 18.2 Å². The first-order chi connectivity index (χ1) is 9.75. The summed E-state index contributed by atoms with van der Waals surface area (Å²) in [5.74, 6) is 1.05. The van der Waals surface area contributed by atoms with E-state index in [1.54, 1.807) is 6.07 Å². The summed E-state index contributed by atoms with van der Waals surface area (Å²) >= 11 is 0. The van der Waals surface area contributed by atoms with Crippen LogP contribution in [0.25, 0.3) is 0 Å². The lowest BCUT2D eigenvalue weighted by Gasteiger charge is -2.29. The molecular formula is C15H20N2O3. The maximum absolute atomic E-state index is 12.4. The minimum atomic E-state index is -0.130. The van der Waals surface area contributed by atoms with Gasteiger partial charge < -0.3 is 20.5 Å². The van der Waals surface area contributed by atoms with E-state index in [4.69, 9.17) is 15.2 Å². The minimum absolute atomic E-state index is 0.0457. The van der Waals surface area contributed by atoms with E-state index < -0.39 is 0 Å². The fourth-order valence-electron chi connectivity index (χ4n) is 2.84. The van der Waals surface area contributed by atoms with Gasteiger partial charge in [-0.2, -0.15) is 0 Å². The van der Waals surface area contributed by atoms with Crippen LogP contribution in [0.3, 0.4) is 0 Å². The second-order valence-electron chi connectivity index (χ2n) is 5.36. The Hall–Kier alpha value is -1.75. The monoisotopic (exact) mass is 276 g/mol. The van der Waals surface area contributed by atoms with Crippen molar-refractivity contribution in [3.63, 3.8) is 0 Å². The molecule has 3 N–H and O–H groups in total. The average Bonchev–Trinajstić information content (AvgIpc) is 2.49. The van der Waals surface area contributed by atoms with E-state index in [-0.39, 0.29) is 18.0 Å². The Morgan fingerprint density at radius 3 is 2.85 bits per heavy atom. The number of fused-ring (bicyclic) bond motifs is 1. The molecule has 3 rings (SSSR count). The van der Waals surface area contributed by atoms with Crippen molar-refractivity contribution < 1.29 is 14.3 Å². The van der Waals surface area contributed by atoms with Gasteiger partial charge in [0, 0.05) is 12.1 Å². The van der Waals surface area contributed by atoms with E-state index >= 15 is 0 Å². The van der Waals surface area contributed by atoms with E-state index in [2.05, 4.69) is 5.32 Å². The third-order valence-corrected chi connectivity index (χ3v) is 3.95. The number of amides is 1. The van der Waals surface area contributed by atoms with Gasteiger partial charge in [0.25, 0.3) is 5.91 Å². The second kappa shape index (κ2) is 5.71. The highest BCUT2D eigenvalue weighted by atomic mass is 16.6. The van der Waals surface area contributed by atoms with Crippen LogP contribution in [0.4, 0.5) is 0 Å². The molecular weight excluding hydrogens is 256 g/mol. The number of hydrogen-bond acceptors (Lipinski definition) is 4. The Bertz CT molecular complexity index is 504. The molecule has 5 nitrogen and oxygen atoms in total. The lowest BCUT2D eigenvalue weighted by atomic mass is 9.91. The number of rotatable bonds is 2. The Morgan fingerprint density at radius 1 is 1.20 bits per heavy atom. The second-order valence-corrected chi connectivity index (χ2v) is 5.36. The smallest absolute Gasteiger partial charge is 0.255 e. The summed E-state index contributed by atoms with van der Waals surface area (Å²) in [5.41, 5.74) is 6.60. The fraction of sp³-hybridized carbons (Fsp3) is 0.533.